The summed E-state index contributed by atoms with van der Waals surface area (Å²) in [6.45, 7) is 5.24. The van der Waals surface area contributed by atoms with Crippen molar-refractivity contribution in [2.45, 2.75) is 33.2 Å². The van der Waals surface area contributed by atoms with Crippen LogP contribution in [0.15, 0.2) is 66.9 Å². The molecule has 136 valence electrons. The van der Waals surface area contributed by atoms with Crippen molar-refractivity contribution in [2.75, 3.05) is 0 Å². The Bertz CT molecular complexity index is 1060. The van der Waals surface area contributed by atoms with E-state index in [0.29, 0.717) is 0 Å². The maximum Gasteiger partial charge on any atom is 0.0707 e. The molecule has 3 heteroatoms. The Hall–Kier alpha value is -2.58. The zero-order chi connectivity index (χ0) is 18.8. The smallest absolute Gasteiger partial charge is 0.0707 e. The van der Waals surface area contributed by atoms with E-state index < -0.39 is 0 Å². The number of rotatable bonds is 5. The molecule has 0 amide bonds. The van der Waals surface area contributed by atoms with Gasteiger partial charge in [0.2, 0.25) is 0 Å². The topological polar surface area (TPSA) is 17.8 Å². The Labute approximate surface area is 165 Å². The average molecular weight is 375 g/mol. The molecule has 0 unspecified atom stereocenters. The number of fused-ring (bicyclic) bond motifs is 1. The van der Waals surface area contributed by atoms with Gasteiger partial charge >= 0.3 is 0 Å². The van der Waals surface area contributed by atoms with E-state index in [0.717, 1.165) is 24.4 Å². The number of nitrogens with zero attached hydrogens (tertiary/aromatic N) is 2. The molecule has 27 heavy (non-hydrogen) atoms. The molecule has 0 radical (unpaired) electrons. The van der Waals surface area contributed by atoms with Gasteiger partial charge in [0, 0.05) is 28.8 Å². The molecule has 0 fully saturated rings. The molecule has 2 aromatic carbocycles. The first-order valence-corrected chi connectivity index (χ1v) is 9.73. The lowest BCUT2D eigenvalue weighted by atomic mass is 10.1. The van der Waals surface area contributed by atoms with Crippen molar-refractivity contribution in [3.8, 4) is 0 Å². The van der Waals surface area contributed by atoms with E-state index in [2.05, 4.69) is 66.9 Å². The Morgan fingerprint density at radius 1 is 0.852 bits per heavy atom. The molecule has 0 saturated carbocycles. The minimum Gasteiger partial charge on any atom is -0.339 e. The van der Waals surface area contributed by atoms with Gasteiger partial charge in [-0.25, -0.2) is 0 Å². The van der Waals surface area contributed by atoms with Gasteiger partial charge in [-0.2, -0.15) is 0 Å². The van der Waals surface area contributed by atoms with Crippen LogP contribution in [0.5, 0.6) is 0 Å². The van der Waals surface area contributed by atoms with Gasteiger partial charge in [-0.1, -0.05) is 54.1 Å². The van der Waals surface area contributed by atoms with Crippen LogP contribution in [0.2, 0.25) is 5.02 Å². The molecule has 4 aromatic rings. The molecule has 0 bridgehead atoms. The summed E-state index contributed by atoms with van der Waals surface area (Å²) in [7, 11) is 0. The highest BCUT2D eigenvalue weighted by molar-refractivity contribution is 6.30. The molecule has 0 aliphatic rings. The Kier molecular flexibility index (Phi) is 5.00. The Balaban J connectivity index is 1.73. The summed E-state index contributed by atoms with van der Waals surface area (Å²) in [6.07, 6.45) is 3.88. The largest absolute Gasteiger partial charge is 0.339 e. The lowest BCUT2D eigenvalue weighted by Gasteiger charge is -2.12. The van der Waals surface area contributed by atoms with Gasteiger partial charge in [-0.3, -0.25) is 4.98 Å². The quantitative estimate of drug-likeness (QED) is 0.410. The molecule has 0 atom stereocenters. The Morgan fingerprint density at radius 3 is 2.33 bits per heavy atom. The summed E-state index contributed by atoms with van der Waals surface area (Å²) >= 11 is 6.05. The van der Waals surface area contributed by atoms with Crippen LogP contribution in [0.25, 0.3) is 10.9 Å². The summed E-state index contributed by atoms with van der Waals surface area (Å²) in [4.78, 5) is 4.75. The standard InChI is InChI=1S/C24H23ClN2/c1-17-18(2)27(16-20-8-11-21(25)12-9-20)24-22(17)14-15-26-23(24)13-10-19-6-4-3-5-7-19/h3-9,11-12,14-15H,10,13,16H2,1-2H3. The van der Waals surface area contributed by atoms with Crippen molar-refractivity contribution >= 4 is 22.5 Å². The van der Waals surface area contributed by atoms with Crippen molar-refractivity contribution < 1.29 is 0 Å². The van der Waals surface area contributed by atoms with Crippen LogP contribution in [0.4, 0.5) is 0 Å². The van der Waals surface area contributed by atoms with E-state index >= 15 is 0 Å². The average Bonchev–Trinajstić information content (AvgIpc) is 2.94. The maximum absolute atomic E-state index is 6.05. The summed E-state index contributed by atoms with van der Waals surface area (Å²) in [5.74, 6) is 0. The maximum atomic E-state index is 6.05. The van der Waals surface area contributed by atoms with Gasteiger partial charge < -0.3 is 4.57 Å². The third-order valence-corrected chi connectivity index (χ3v) is 5.62. The molecule has 2 aromatic heterocycles. The first-order valence-electron chi connectivity index (χ1n) is 9.35. The molecule has 2 nitrogen and oxygen atoms in total. The summed E-state index contributed by atoms with van der Waals surface area (Å²) in [6, 6.07) is 20.9. The van der Waals surface area contributed by atoms with Crippen molar-refractivity contribution in [3.63, 3.8) is 0 Å². The highest BCUT2D eigenvalue weighted by Gasteiger charge is 2.15. The molecule has 0 aliphatic carbocycles. The van der Waals surface area contributed by atoms with Crippen LogP contribution in [0.3, 0.4) is 0 Å². The van der Waals surface area contributed by atoms with Gasteiger partial charge in [-0.15, -0.1) is 0 Å². The lowest BCUT2D eigenvalue weighted by molar-refractivity contribution is 0.788. The van der Waals surface area contributed by atoms with E-state index in [-0.39, 0.29) is 0 Å². The van der Waals surface area contributed by atoms with Crippen molar-refractivity contribution in [3.05, 3.63) is 100.0 Å². The summed E-state index contributed by atoms with van der Waals surface area (Å²) in [5, 5.41) is 2.08. The fourth-order valence-corrected chi connectivity index (χ4v) is 3.85. The normalized spacial score (nSPS) is 11.2. The highest BCUT2D eigenvalue weighted by atomic mass is 35.5. The second kappa shape index (κ2) is 7.58. The minimum absolute atomic E-state index is 0.772. The fraction of sp³-hybridized carbons (Fsp3) is 0.208. The number of hydrogen-bond acceptors (Lipinski definition) is 1. The van der Waals surface area contributed by atoms with Crippen LogP contribution in [0.1, 0.15) is 28.1 Å². The predicted molar refractivity (Wildman–Crippen MR) is 114 cm³/mol. The monoisotopic (exact) mass is 374 g/mol. The molecular formula is C24H23ClN2. The second-order valence-corrected chi connectivity index (χ2v) is 7.50. The van der Waals surface area contributed by atoms with Crippen molar-refractivity contribution in [1.29, 1.82) is 0 Å². The first-order chi connectivity index (χ1) is 13.1. The van der Waals surface area contributed by atoms with Crippen LogP contribution >= 0.6 is 11.6 Å². The molecular weight excluding hydrogens is 352 g/mol. The number of halogens is 1. The van der Waals surface area contributed by atoms with Crippen LogP contribution in [0, 0.1) is 13.8 Å². The highest BCUT2D eigenvalue weighted by Crippen LogP contribution is 2.28. The van der Waals surface area contributed by atoms with Gasteiger partial charge in [0.05, 0.1) is 11.2 Å². The number of hydrogen-bond donors (Lipinski definition) is 0. The molecule has 2 heterocycles. The van der Waals surface area contributed by atoms with Crippen LogP contribution in [-0.2, 0) is 19.4 Å². The van der Waals surface area contributed by atoms with Crippen molar-refractivity contribution in [2.24, 2.45) is 0 Å². The zero-order valence-electron chi connectivity index (χ0n) is 15.7. The third-order valence-electron chi connectivity index (χ3n) is 5.37. The zero-order valence-corrected chi connectivity index (χ0v) is 16.5. The van der Waals surface area contributed by atoms with E-state index in [9.17, 15) is 0 Å². The molecule has 0 aliphatic heterocycles. The fourth-order valence-electron chi connectivity index (χ4n) is 3.73. The second-order valence-electron chi connectivity index (χ2n) is 7.06. The molecule has 0 saturated heterocycles. The van der Waals surface area contributed by atoms with E-state index in [1.807, 2.05) is 18.3 Å². The van der Waals surface area contributed by atoms with Crippen LogP contribution in [-0.4, -0.2) is 9.55 Å². The molecule has 0 spiro atoms. The first kappa shape index (κ1) is 17.8. The summed E-state index contributed by atoms with van der Waals surface area (Å²) < 4.78 is 2.40. The molecule has 4 rings (SSSR count). The number of aromatic nitrogens is 2. The van der Waals surface area contributed by atoms with E-state index in [4.69, 9.17) is 16.6 Å². The van der Waals surface area contributed by atoms with Gasteiger partial charge in [-0.05, 0) is 61.6 Å². The van der Waals surface area contributed by atoms with Crippen molar-refractivity contribution in [1.82, 2.24) is 9.55 Å². The van der Waals surface area contributed by atoms with Crippen LogP contribution < -0.4 is 0 Å². The van der Waals surface area contributed by atoms with E-state index in [1.165, 1.54) is 39.0 Å². The van der Waals surface area contributed by atoms with E-state index in [1.54, 1.807) is 0 Å². The number of aryl methyl sites for hydroxylation is 3. The van der Waals surface area contributed by atoms with Gasteiger partial charge in [0.15, 0.2) is 0 Å². The van der Waals surface area contributed by atoms with Gasteiger partial charge in [0.1, 0.15) is 0 Å². The lowest BCUT2D eigenvalue weighted by Crippen LogP contribution is -2.05. The number of pyridine rings is 1. The third kappa shape index (κ3) is 3.63. The Morgan fingerprint density at radius 2 is 1.59 bits per heavy atom. The summed E-state index contributed by atoms with van der Waals surface area (Å²) in [5.41, 5.74) is 7.66. The SMILES string of the molecule is Cc1c(C)n(Cc2ccc(Cl)cc2)c2c(CCc3ccccc3)nccc12. The minimum atomic E-state index is 0.772. The predicted octanol–water partition coefficient (Wildman–Crippen LogP) is 6.14. The number of benzene rings is 2. The molecule has 0 N–H and O–H groups in total. The van der Waals surface area contributed by atoms with Gasteiger partial charge in [0.25, 0.3) is 0 Å².